The van der Waals surface area contributed by atoms with Crippen molar-refractivity contribution in [3.05, 3.63) is 16.5 Å². The number of β-amino-alcohol motifs (C(OH)–C–C–N with tert-alkyl or cyclic N) is 1. The molecule has 0 saturated carbocycles. The molecule has 1 saturated heterocycles. The van der Waals surface area contributed by atoms with Crippen LogP contribution in [0.15, 0.2) is 16.3 Å². The van der Waals surface area contributed by atoms with Crippen LogP contribution in [0.4, 0.5) is 0 Å². The van der Waals surface area contributed by atoms with Gasteiger partial charge in [0.1, 0.15) is 10.3 Å². The third-order valence-electron chi connectivity index (χ3n) is 2.63. The molecule has 2 atom stereocenters. The van der Waals surface area contributed by atoms with Crippen LogP contribution in [0.5, 0.6) is 0 Å². The summed E-state index contributed by atoms with van der Waals surface area (Å²) in [5.74, 6) is -1.27. The Bertz CT molecular complexity index is 569. The van der Waals surface area contributed by atoms with E-state index in [2.05, 4.69) is 0 Å². The Balaban J connectivity index is 2.38. The second-order valence-corrected chi connectivity index (χ2v) is 7.71. The lowest BCUT2D eigenvalue weighted by Crippen LogP contribution is -2.40. The van der Waals surface area contributed by atoms with Gasteiger partial charge in [0.2, 0.25) is 0 Å². The first kappa shape index (κ1) is 13.8. The van der Waals surface area contributed by atoms with Gasteiger partial charge in [0, 0.05) is 13.0 Å². The third-order valence-corrected chi connectivity index (χ3v) is 6.20. The van der Waals surface area contributed by atoms with E-state index in [4.69, 9.17) is 16.7 Å². The topological polar surface area (TPSA) is 94.9 Å². The molecule has 0 radical (unpaired) electrons. The number of thiophene rings is 1. The molecule has 1 aliphatic rings. The Hall–Kier alpha value is -0.670. The van der Waals surface area contributed by atoms with Gasteiger partial charge >= 0.3 is 5.97 Å². The molecule has 0 aliphatic carbocycles. The highest BCUT2D eigenvalue weighted by Crippen LogP contribution is 2.32. The maximum absolute atomic E-state index is 12.2. The second kappa shape index (κ2) is 4.78. The largest absolute Gasteiger partial charge is 0.480 e. The summed E-state index contributed by atoms with van der Waals surface area (Å²) in [7, 11) is -3.92. The van der Waals surface area contributed by atoms with E-state index in [0.29, 0.717) is 4.34 Å². The van der Waals surface area contributed by atoms with Crippen molar-refractivity contribution in [3.8, 4) is 0 Å². The van der Waals surface area contributed by atoms with Crippen molar-refractivity contribution in [3.63, 3.8) is 0 Å². The van der Waals surface area contributed by atoms with Gasteiger partial charge in [0.25, 0.3) is 10.0 Å². The fourth-order valence-corrected chi connectivity index (χ4v) is 5.07. The van der Waals surface area contributed by atoms with Crippen molar-refractivity contribution in [2.45, 2.75) is 22.8 Å². The van der Waals surface area contributed by atoms with Gasteiger partial charge in [-0.05, 0) is 12.1 Å². The summed E-state index contributed by atoms with van der Waals surface area (Å²) in [5.41, 5.74) is 0. The summed E-state index contributed by atoms with van der Waals surface area (Å²) in [6.45, 7) is -0.213. The van der Waals surface area contributed by atoms with Crippen LogP contribution in [0.2, 0.25) is 4.34 Å². The number of hydrogen-bond acceptors (Lipinski definition) is 5. The number of hydrogen-bond donors (Lipinski definition) is 2. The van der Waals surface area contributed by atoms with Crippen molar-refractivity contribution in [2.75, 3.05) is 6.54 Å². The minimum absolute atomic E-state index is 0.0205. The molecule has 0 unspecified atom stereocenters. The van der Waals surface area contributed by atoms with E-state index in [0.717, 1.165) is 15.6 Å². The first-order chi connectivity index (χ1) is 8.32. The Kier molecular flexibility index (Phi) is 3.65. The van der Waals surface area contributed by atoms with Gasteiger partial charge < -0.3 is 10.2 Å². The molecule has 1 aromatic heterocycles. The number of aliphatic hydroxyl groups is 1. The van der Waals surface area contributed by atoms with Crippen molar-refractivity contribution in [1.29, 1.82) is 0 Å². The van der Waals surface area contributed by atoms with E-state index < -0.39 is 28.1 Å². The van der Waals surface area contributed by atoms with Crippen molar-refractivity contribution in [1.82, 2.24) is 4.31 Å². The molecule has 9 heteroatoms. The molecule has 1 fully saturated rings. The quantitative estimate of drug-likeness (QED) is 0.853. The molecule has 0 aromatic carbocycles. The summed E-state index contributed by atoms with van der Waals surface area (Å²) in [6, 6.07) is 1.53. The fraction of sp³-hybridized carbons (Fsp3) is 0.444. The van der Waals surface area contributed by atoms with E-state index in [1.165, 1.54) is 12.1 Å². The molecule has 2 rings (SSSR count). The molecule has 2 heterocycles. The van der Waals surface area contributed by atoms with Crippen LogP contribution >= 0.6 is 22.9 Å². The third kappa shape index (κ3) is 2.39. The SMILES string of the molecule is O=C(O)[C@@H]1C[C@@H](O)CN1S(=O)(=O)c1ccc(Cl)s1. The Morgan fingerprint density at radius 2 is 2.17 bits per heavy atom. The Labute approximate surface area is 112 Å². The van der Waals surface area contributed by atoms with Crippen LogP contribution in [0.1, 0.15) is 6.42 Å². The molecule has 100 valence electrons. The molecule has 0 amide bonds. The van der Waals surface area contributed by atoms with Gasteiger partial charge in [0.15, 0.2) is 0 Å². The second-order valence-electron chi connectivity index (χ2n) is 3.88. The molecule has 1 aromatic rings. The van der Waals surface area contributed by atoms with Crippen LogP contribution in [0.25, 0.3) is 0 Å². The molecule has 1 aliphatic heterocycles. The van der Waals surface area contributed by atoms with Crippen LogP contribution in [-0.2, 0) is 14.8 Å². The fourth-order valence-electron chi connectivity index (χ4n) is 1.83. The average Bonchev–Trinajstić information content (AvgIpc) is 2.84. The van der Waals surface area contributed by atoms with Gasteiger partial charge in [-0.2, -0.15) is 4.31 Å². The summed E-state index contributed by atoms with van der Waals surface area (Å²) in [4.78, 5) is 11.0. The van der Waals surface area contributed by atoms with Gasteiger partial charge in [0.05, 0.1) is 10.4 Å². The highest BCUT2D eigenvalue weighted by Gasteiger charge is 2.44. The van der Waals surface area contributed by atoms with E-state index >= 15 is 0 Å². The van der Waals surface area contributed by atoms with E-state index in [9.17, 15) is 18.3 Å². The molecule has 18 heavy (non-hydrogen) atoms. The number of nitrogens with zero attached hydrogens (tertiary/aromatic N) is 1. The number of carbonyl (C=O) groups is 1. The number of carboxylic acid groups (broad SMARTS) is 1. The summed E-state index contributed by atoms with van der Waals surface area (Å²) < 4.78 is 25.5. The predicted octanol–water partition coefficient (Wildman–Crippen LogP) is 0.610. The lowest BCUT2D eigenvalue weighted by Gasteiger charge is -2.19. The summed E-state index contributed by atoms with van der Waals surface area (Å²) in [5, 5.41) is 18.4. The number of carboxylic acids is 1. The molecule has 0 spiro atoms. The highest BCUT2D eigenvalue weighted by molar-refractivity contribution is 7.91. The van der Waals surface area contributed by atoms with Crippen molar-refractivity contribution in [2.24, 2.45) is 0 Å². The molecular weight excluding hydrogens is 302 g/mol. The zero-order valence-corrected chi connectivity index (χ0v) is 11.4. The lowest BCUT2D eigenvalue weighted by molar-refractivity contribution is -0.140. The number of halogens is 1. The van der Waals surface area contributed by atoms with Gasteiger partial charge in [-0.15, -0.1) is 11.3 Å². The van der Waals surface area contributed by atoms with Crippen LogP contribution in [0, 0.1) is 0 Å². The maximum atomic E-state index is 12.2. The van der Waals surface area contributed by atoms with Crippen molar-refractivity contribution >= 4 is 38.9 Å². The maximum Gasteiger partial charge on any atom is 0.322 e. The van der Waals surface area contributed by atoms with Gasteiger partial charge in [-0.1, -0.05) is 11.6 Å². The van der Waals surface area contributed by atoms with Gasteiger partial charge in [-0.3, -0.25) is 4.79 Å². The lowest BCUT2D eigenvalue weighted by atomic mass is 10.2. The minimum atomic E-state index is -3.92. The highest BCUT2D eigenvalue weighted by atomic mass is 35.5. The Morgan fingerprint density at radius 1 is 1.50 bits per heavy atom. The zero-order chi connectivity index (χ0) is 13.5. The number of sulfonamides is 1. The van der Waals surface area contributed by atoms with Gasteiger partial charge in [-0.25, -0.2) is 8.42 Å². The first-order valence-electron chi connectivity index (χ1n) is 5.00. The number of rotatable bonds is 3. The normalized spacial score (nSPS) is 25.4. The molecular formula is C9H10ClNO5S2. The average molecular weight is 312 g/mol. The monoisotopic (exact) mass is 311 g/mol. The summed E-state index contributed by atoms with van der Waals surface area (Å²) >= 11 is 6.53. The Morgan fingerprint density at radius 3 is 2.67 bits per heavy atom. The summed E-state index contributed by atoms with van der Waals surface area (Å²) in [6.07, 6.45) is -1.07. The molecule has 2 N–H and O–H groups in total. The van der Waals surface area contributed by atoms with Crippen LogP contribution in [0.3, 0.4) is 0 Å². The van der Waals surface area contributed by atoms with E-state index in [1.54, 1.807) is 0 Å². The number of aliphatic hydroxyl groups excluding tert-OH is 1. The molecule has 0 bridgehead atoms. The number of aliphatic carboxylic acids is 1. The zero-order valence-electron chi connectivity index (χ0n) is 8.98. The minimum Gasteiger partial charge on any atom is -0.480 e. The van der Waals surface area contributed by atoms with E-state index in [-0.39, 0.29) is 17.2 Å². The van der Waals surface area contributed by atoms with Crippen LogP contribution < -0.4 is 0 Å². The smallest absolute Gasteiger partial charge is 0.322 e. The van der Waals surface area contributed by atoms with Crippen LogP contribution in [-0.4, -0.2) is 47.6 Å². The predicted molar refractivity (Wildman–Crippen MR) is 65.3 cm³/mol. The first-order valence-corrected chi connectivity index (χ1v) is 7.64. The molecule has 6 nitrogen and oxygen atoms in total. The van der Waals surface area contributed by atoms with Crippen molar-refractivity contribution < 1.29 is 23.4 Å². The standard InChI is InChI=1S/C9H10ClNO5S2/c10-7-1-2-8(17-7)18(15,16)11-4-5(12)3-6(11)9(13)14/h1-2,5-6,12H,3-4H2,(H,13,14)/t5-,6+/m1/s1. The van der Waals surface area contributed by atoms with E-state index in [1.807, 2.05) is 0 Å².